The Hall–Kier alpha value is -0.900. The fraction of sp³-hybridized carbons (Fsp3) is 0.250. The van der Waals surface area contributed by atoms with Crippen molar-refractivity contribution in [3.05, 3.63) is 18.4 Å². The second-order valence-corrected chi connectivity index (χ2v) is 2.15. The van der Waals surface area contributed by atoms with Crippen LogP contribution in [0.25, 0.3) is 0 Å². The van der Waals surface area contributed by atoms with E-state index in [9.17, 15) is 0 Å². The molecule has 1 aliphatic heterocycles. The molecule has 0 aromatic carbocycles. The summed E-state index contributed by atoms with van der Waals surface area (Å²) in [6.07, 6.45) is 2.94. The summed E-state index contributed by atoms with van der Waals surface area (Å²) in [7, 11) is 0. The molecule has 0 saturated carbocycles. The van der Waals surface area contributed by atoms with Crippen LogP contribution in [-0.2, 0) is 5.12 Å². The van der Waals surface area contributed by atoms with Crippen LogP contribution in [0.4, 0.5) is 0 Å². The maximum Gasteiger partial charge on any atom is 0.338 e. The molecule has 0 fully saturated rings. The van der Waals surface area contributed by atoms with E-state index in [4.69, 9.17) is 16.0 Å². The van der Waals surface area contributed by atoms with E-state index >= 15 is 0 Å². The van der Waals surface area contributed by atoms with Crippen LogP contribution in [0.1, 0.15) is 5.89 Å². The van der Waals surface area contributed by atoms with Crippen molar-refractivity contribution in [3.63, 3.8) is 0 Å². The average Bonchev–Trinajstić information content (AvgIpc) is 2.46. The summed E-state index contributed by atoms with van der Waals surface area (Å²) in [4.78, 5) is 3.76. The van der Waals surface area contributed by atoms with Crippen LogP contribution in [-0.4, -0.2) is 4.98 Å². The van der Waals surface area contributed by atoms with Gasteiger partial charge in [0.1, 0.15) is 6.26 Å². The van der Waals surface area contributed by atoms with E-state index in [1.807, 2.05) is 0 Å². The first-order valence-corrected chi connectivity index (χ1v) is 2.72. The molecule has 0 radical (unpaired) electrons. The van der Waals surface area contributed by atoms with Gasteiger partial charge in [0.15, 0.2) is 0 Å². The van der Waals surface area contributed by atoms with Crippen molar-refractivity contribution in [1.29, 1.82) is 0 Å². The zero-order chi connectivity index (χ0) is 6.32. The largest absolute Gasteiger partial charge is 0.444 e. The van der Waals surface area contributed by atoms with Crippen molar-refractivity contribution >= 4 is 11.6 Å². The molecule has 46 valence electrons. The Labute approximate surface area is 55.6 Å². The Bertz CT molecular complexity index is 236. The molecule has 0 unspecified atom stereocenters. The highest BCUT2D eigenvalue weighted by molar-refractivity contribution is 6.24. The lowest BCUT2D eigenvalue weighted by atomic mass is 10.6. The van der Waals surface area contributed by atoms with Crippen molar-refractivity contribution in [2.45, 2.75) is 5.12 Å². The third-order valence-electron chi connectivity index (χ3n) is 0.980. The van der Waals surface area contributed by atoms with Gasteiger partial charge in [-0.25, -0.2) is 4.98 Å². The number of rotatable bonds is 1. The van der Waals surface area contributed by atoms with Crippen LogP contribution in [0, 0.1) is 0 Å². The maximum absolute atomic E-state index is 5.62. The minimum atomic E-state index is -0.983. The quantitative estimate of drug-likeness (QED) is 0.442. The molecular weight excluding hydrogens is 142 g/mol. The van der Waals surface area contributed by atoms with Gasteiger partial charge in [-0.3, -0.25) is 0 Å². The van der Waals surface area contributed by atoms with E-state index in [0.29, 0.717) is 5.89 Å². The topological polar surface area (TPSA) is 50.8 Å². The highest BCUT2D eigenvalue weighted by Gasteiger charge is 2.44. The minimum Gasteiger partial charge on any atom is -0.444 e. The van der Waals surface area contributed by atoms with Crippen LogP contribution in [0.2, 0.25) is 0 Å². The van der Waals surface area contributed by atoms with Crippen LogP contribution in [0.3, 0.4) is 0 Å². The Morgan fingerprint density at radius 3 is 2.78 bits per heavy atom. The van der Waals surface area contributed by atoms with Gasteiger partial charge in [-0.05, 0) is 0 Å². The molecule has 1 aromatic rings. The summed E-state index contributed by atoms with van der Waals surface area (Å²) in [5.74, 6) is 0.337. The Morgan fingerprint density at radius 2 is 2.33 bits per heavy atom. The number of nitrogens with zero attached hydrogens (tertiary/aromatic N) is 3. The number of hydrogen-bond acceptors (Lipinski definition) is 4. The Balaban J connectivity index is 2.36. The lowest BCUT2D eigenvalue weighted by molar-refractivity contribution is 0.475. The fourth-order valence-corrected chi connectivity index (χ4v) is 0.641. The van der Waals surface area contributed by atoms with Crippen molar-refractivity contribution in [1.82, 2.24) is 4.98 Å². The molecule has 0 N–H and O–H groups in total. The lowest BCUT2D eigenvalue weighted by Crippen LogP contribution is -1.96. The molecule has 0 spiro atoms. The van der Waals surface area contributed by atoms with Gasteiger partial charge >= 0.3 is 5.12 Å². The minimum absolute atomic E-state index is 0.337. The molecule has 5 heteroatoms. The summed E-state index contributed by atoms with van der Waals surface area (Å²) < 4.78 is 4.83. The van der Waals surface area contributed by atoms with Gasteiger partial charge in [-0.15, -0.1) is 10.2 Å². The van der Waals surface area contributed by atoms with Crippen molar-refractivity contribution < 1.29 is 4.42 Å². The lowest BCUT2D eigenvalue weighted by Gasteiger charge is -1.89. The third-order valence-corrected chi connectivity index (χ3v) is 1.29. The first-order chi connectivity index (χ1) is 4.31. The molecule has 2 rings (SSSR count). The number of alkyl halides is 1. The number of hydrogen-bond donors (Lipinski definition) is 0. The molecule has 1 aromatic heterocycles. The molecule has 1 aliphatic rings. The van der Waals surface area contributed by atoms with Gasteiger partial charge in [0, 0.05) is 0 Å². The standard InChI is InChI=1S/C4H2ClN3O/c5-4(7-8-4)3-6-1-2-9-3/h1-2H. The van der Waals surface area contributed by atoms with Crippen molar-refractivity contribution in [2.75, 3.05) is 0 Å². The van der Waals surface area contributed by atoms with Crippen molar-refractivity contribution in [3.8, 4) is 0 Å². The number of aromatic nitrogens is 1. The van der Waals surface area contributed by atoms with E-state index in [0.717, 1.165) is 0 Å². The van der Waals surface area contributed by atoms with Gasteiger partial charge in [-0.2, -0.15) is 0 Å². The normalized spacial score (nSPS) is 20.1. The van der Waals surface area contributed by atoms with Crippen LogP contribution in [0.5, 0.6) is 0 Å². The Morgan fingerprint density at radius 1 is 1.56 bits per heavy atom. The first-order valence-electron chi connectivity index (χ1n) is 2.34. The summed E-state index contributed by atoms with van der Waals surface area (Å²) in [5, 5.41) is 6.04. The molecule has 9 heavy (non-hydrogen) atoms. The second-order valence-electron chi connectivity index (χ2n) is 1.62. The second kappa shape index (κ2) is 1.33. The fourth-order valence-electron chi connectivity index (χ4n) is 0.510. The van der Waals surface area contributed by atoms with Crippen molar-refractivity contribution in [2.24, 2.45) is 10.2 Å². The van der Waals surface area contributed by atoms with Crippen LogP contribution in [0.15, 0.2) is 27.1 Å². The number of oxazole rings is 1. The highest BCUT2D eigenvalue weighted by atomic mass is 35.5. The molecule has 0 atom stereocenters. The summed E-state index contributed by atoms with van der Waals surface area (Å²) in [5.41, 5.74) is 0. The van der Waals surface area contributed by atoms with Gasteiger partial charge in [-0.1, -0.05) is 11.6 Å². The SMILES string of the molecule is ClC1(c2ncco2)N=N1. The summed E-state index contributed by atoms with van der Waals surface area (Å²) in [6, 6.07) is 0. The number of halogens is 1. The van der Waals surface area contributed by atoms with E-state index in [2.05, 4.69) is 15.2 Å². The van der Waals surface area contributed by atoms with Gasteiger partial charge in [0.2, 0.25) is 0 Å². The molecule has 0 bridgehead atoms. The van der Waals surface area contributed by atoms with Crippen LogP contribution < -0.4 is 0 Å². The molecule has 2 heterocycles. The maximum atomic E-state index is 5.62. The zero-order valence-corrected chi connectivity index (χ0v) is 5.04. The molecule has 0 saturated heterocycles. The molecular formula is C4H2ClN3O. The van der Waals surface area contributed by atoms with Gasteiger partial charge < -0.3 is 4.42 Å². The monoisotopic (exact) mass is 143 g/mol. The molecule has 0 aliphatic carbocycles. The summed E-state index contributed by atoms with van der Waals surface area (Å²) >= 11 is 5.62. The van der Waals surface area contributed by atoms with E-state index in [-0.39, 0.29) is 0 Å². The summed E-state index contributed by atoms with van der Waals surface area (Å²) in [6.45, 7) is 0. The third kappa shape index (κ3) is 0.632. The van der Waals surface area contributed by atoms with E-state index < -0.39 is 5.12 Å². The molecule has 0 amide bonds. The smallest absolute Gasteiger partial charge is 0.338 e. The van der Waals surface area contributed by atoms with Crippen LogP contribution >= 0.6 is 11.6 Å². The molecule has 4 nitrogen and oxygen atoms in total. The van der Waals surface area contributed by atoms with E-state index in [1.165, 1.54) is 12.5 Å². The first kappa shape index (κ1) is 4.93. The predicted molar refractivity (Wildman–Crippen MR) is 28.9 cm³/mol. The predicted octanol–water partition coefficient (Wildman–Crippen LogP) is 1.49. The average molecular weight is 144 g/mol. The van der Waals surface area contributed by atoms with E-state index in [1.54, 1.807) is 0 Å². The van der Waals surface area contributed by atoms with Gasteiger partial charge in [0.05, 0.1) is 6.20 Å². The Kier molecular flexibility index (Phi) is 0.728. The highest BCUT2D eigenvalue weighted by Crippen LogP contribution is 2.42. The zero-order valence-electron chi connectivity index (χ0n) is 4.28. The van der Waals surface area contributed by atoms with Gasteiger partial charge in [0.25, 0.3) is 5.89 Å².